The first-order valence-electron chi connectivity index (χ1n) is 6.89. The van der Waals surface area contributed by atoms with Crippen molar-refractivity contribution in [3.05, 3.63) is 54.1 Å². The van der Waals surface area contributed by atoms with E-state index in [0.717, 1.165) is 5.56 Å². The van der Waals surface area contributed by atoms with E-state index in [2.05, 4.69) is 11.8 Å². The highest BCUT2D eigenvalue weighted by molar-refractivity contribution is 5.81. The molecule has 1 N–H and O–H groups in total. The summed E-state index contributed by atoms with van der Waals surface area (Å²) < 4.78 is 4.76. The van der Waals surface area contributed by atoms with Crippen molar-refractivity contribution in [3.8, 4) is 11.8 Å². The molecule has 1 aromatic rings. The lowest BCUT2D eigenvalue weighted by atomic mass is 10.0. The molecular formula is C18H20O3. The van der Waals surface area contributed by atoms with Crippen LogP contribution in [0.5, 0.6) is 0 Å². The summed E-state index contributed by atoms with van der Waals surface area (Å²) in [6.45, 7) is 3.87. The first-order chi connectivity index (χ1) is 10.1. The van der Waals surface area contributed by atoms with Gasteiger partial charge >= 0.3 is 5.97 Å². The molecule has 1 rings (SSSR count). The molecule has 0 amide bonds. The zero-order valence-corrected chi connectivity index (χ0v) is 12.3. The number of benzene rings is 1. The van der Waals surface area contributed by atoms with Gasteiger partial charge in [-0.25, -0.2) is 4.79 Å². The summed E-state index contributed by atoms with van der Waals surface area (Å²) >= 11 is 0. The third-order valence-corrected chi connectivity index (χ3v) is 2.71. The van der Waals surface area contributed by atoms with Crippen LogP contribution in [0.1, 0.15) is 19.4 Å². The number of carbonyl (C=O) groups is 1. The standard InChI is InChI=1S/C18H20O3/c1-3-21-18(20)14-13-15(2)17(19)12-8-7-11-16-9-5-4-6-10-16/h4-7,9-11,13-15,17,19H,3H2,1-2H3/b11-7+,14-13+/t15-,17+/m1/s1. The monoisotopic (exact) mass is 284 g/mol. The lowest BCUT2D eigenvalue weighted by molar-refractivity contribution is -0.137. The number of aliphatic hydroxyl groups is 1. The van der Waals surface area contributed by atoms with Gasteiger partial charge in [-0.1, -0.05) is 55.2 Å². The summed E-state index contributed by atoms with van der Waals surface area (Å²) in [4.78, 5) is 11.1. The van der Waals surface area contributed by atoms with Gasteiger partial charge in [-0.3, -0.25) is 0 Å². The van der Waals surface area contributed by atoms with Crippen LogP contribution in [-0.4, -0.2) is 23.8 Å². The molecule has 0 radical (unpaired) electrons. The Kier molecular flexibility index (Phi) is 7.63. The summed E-state index contributed by atoms with van der Waals surface area (Å²) in [7, 11) is 0. The van der Waals surface area contributed by atoms with Crippen molar-refractivity contribution in [3.63, 3.8) is 0 Å². The third-order valence-electron chi connectivity index (χ3n) is 2.71. The van der Waals surface area contributed by atoms with E-state index in [0.29, 0.717) is 6.61 Å². The molecule has 0 fully saturated rings. The van der Waals surface area contributed by atoms with E-state index in [-0.39, 0.29) is 5.92 Å². The summed E-state index contributed by atoms with van der Waals surface area (Å²) in [5, 5.41) is 9.85. The molecule has 0 saturated heterocycles. The molecule has 3 nitrogen and oxygen atoms in total. The minimum Gasteiger partial charge on any atom is -0.463 e. The SMILES string of the molecule is CCOC(=O)/C=C/[C@@H](C)[C@@H](O)C#C/C=C/c1ccccc1. The second kappa shape index (κ2) is 9.57. The van der Waals surface area contributed by atoms with Crippen molar-refractivity contribution in [2.45, 2.75) is 20.0 Å². The predicted molar refractivity (Wildman–Crippen MR) is 84.2 cm³/mol. The predicted octanol–water partition coefficient (Wildman–Crippen LogP) is 2.82. The third kappa shape index (κ3) is 7.14. The van der Waals surface area contributed by atoms with E-state index in [9.17, 15) is 9.90 Å². The van der Waals surface area contributed by atoms with Crippen molar-refractivity contribution in [1.29, 1.82) is 0 Å². The van der Waals surface area contributed by atoms with Gasteiger partial charge in [-0.05, 0) is 24.6 Å². The average Bonchev–Trinajstić information content (AvgIpc) is 2.50. The van der Waals surface area contributed by atoms with Crippen LogP contribution in [0.2, 0.25) is 0 Å². The van der Waals surface area contributed by atoms with Crippen LogP contribution in [0, 0.1) is 17.8 Å². The lowest BCUT2D eigenvalue weighted by Crippen LogP contribution is -2.13. The molecule has 1 aromatic carbocycles. The Bertz CT molecular complexity index is 547. The molecule has 0 saturated carbocycles. The molecule has 0 spiro atoms. The Balaban J connectivity index is 2.49. The highest BCUT2D eigenvalue weighted by Crippen LogP contribution is 2.04. The Morgan fingerprint density at radius 3 is 2.76 bits per heavy atom. The Labute approximate surface area is 126 Å². The van der Waals surface area contributed by atoms with E-state index in [1.54, 1.807) is 26.0 Å². The fourth-order valence-corrected chi connectivity index (χ4v) is 1.49. The minimum absolute atomic E-state index is 0.243. The van der Waals surface area contributed by atoms with Crippen molar-refractivity contribution >= 4 is 12.0 Å². The topological polar surface area (TPSA) is 46.5 Å². The lowest BCUT2D eigenvalue weighted by Gasteiger charge is -2.07. The minimum atomic E-state index is -0.823. The largest absolute Gasteiger partial charge is 0.463 e. The number of hydrogen-bond acceptors (Lipinski definition) is 3. The highest BCUT2D eigenvalue weighted by Gasteiger charge is 2.08. The summed E-state index contributed by atoms with van der Waals surface area (Å²) in [5.41, 5.74) is 1.05. The van der Waals surface area contributed by atoms with Gasteiger partial charge in [0.15, 0.2) is 0 Å². The van der Waals surface area contributed by atoms with Crippen molar-refractivity contribution < 1.29 is 14.6 Å². The van der Waals surface area contributed by atoms with Gasteiger partial charge in [0.2, 0.25) is 0 Å². The molecule has 0 aliphatic rings. The van der Waals surface area contributed by atoms with Crippen LogP contribution in [0.3, 0.4) is 0 Å². The molecule has 0 aromatic heterocycles. The number of esters is 1. The number of carbonyl (C=O) groups excluding carboxylic acids is 1. The van der Waals surface area contributed by atoms with Crippen molar-refractivity contribution in [2.24, 2.45) is 5.92 Å². The maximum absolute atomic E-state index is 11.1. The first-order valence-corrected chi connectivity index (χ1v) is 6.89. The van der Waals surface area contributed by atoms with Crippen LogP contribution in [0.25, 0.3) is 6.08 Å². The van der Waals surface area contributed by atoms with E-state index in [1.165, 1.54) is 6.08 Å². The maximum atomic E-state index is 11.1. The van der Waals surface area contributed by atoms with Gasteiger partial charge in [0.25, 0.3) is 0 Å². The Morgan fingerprint density at radius 2 is 2.10 bits per heavy atom. The van der Waals surface area contributed by atoms with Gasteiger partial charge in [-0.2, -0.15) is 0 Å². The Hall–Kier alpha value is -2.31. The van der Waals surface area contributed by atoms with Crippen LogP contribution >= 0.6 is 0 Å². The molecular weight excluding hydrogens is 264 g/mol. The number of hydrogen-bond donors (Lipinski definition) is 1. The van der Waals surface area contributed by atoms with Crippen LogP contribution < -0.4 is 0 Å². The van der Waals surface area contributed by atoms with Gasteiger partial charge in [0.05, 0.1) is 6.61 Å². The molecule has 110 valence electrons. The highest BCUT2D eigenvalue weighted by atomic mass is 16.5. The first kappa shape index (κ1) is 16.7. The van der Waals surface area contributed by atoms with E-state index in [1.807, 2.05) is 36.4 Å². The fourth-order valence-electron chi connectivity index (χ4n) is 1.49. The number of rotatable bonds is 5. The molecule has 21 heavy (non-hydrogen) atoms. The van der Waals surface area contributed by atoms with Crippen molar-refractivity contribution in [2.75, 3.05) is 6.61 Å². The molecule has 0 heterocycles. The molecule has 0 bridgehead atoms. The van der Waals surface area contributed by atoms with Crippen LogP contribution in [-0.2, 0) is 9.53 Å². The van der Waals surface area contributed by atoms with Crippen molar-refractivity contribution in [1.82, 2.24) is 0 Å². The number of allylic oxidation sites excluding steroid dienone is 1. The normalized spacial score (nSPS) is 13.7. The maximum Gasteiger partial charge on any atom is 0.330 e. The number of ether oxygens (including phenoxy) is 1. The Morgan fingerprint density at radius 1 is 1.38 bits per heavy atom. The fraction of sp³-hybridized carbons (Fsp3) is 0.278. The van der Waals surface area contributed by atoms with Gasteiger partial charge in [-0.15, -0.1) is 0 Å². The molecule has 2 atom stereocenters. The summed E-state index contributed by atoms with van der Waals surface area (Å²) in [5.74, 6) is 4.87. The van der Waals surface area contributed by atoms with E-state index < -0.39 is 12.1 Å². The quantitative estimate of drug-likeness (QED) is 0.514. The van der Waals surface area contributed by atoms with Gasteiger partial charge in [0.1, 0.15) is 6.10 Å². The van der Waals surface area contributed by atoms with Crippen LogP contribution in [0.15, 0.2) is 48.6 Å². The average molecular weight is 284 g/mol. The van der Waals surface area contributed by atoms with Crippen LogP contribution in [0.4, 0.5) is 0 Å². The summed E-state index contributed by atoms with van der Waals surface area (Å²) in [6.07, 6.45) is 5.66. The van der Waals surface area contributed by atoms with E-state index >= 15 is 0 Å². The molecule has 0 aliphatic heterocycles. The summed E-state index contributed by atoms with van der Waals surface area (Å²) in [6, 6.07) is 9.79. The second-order valence-corrected chi connectivity index (χ2v) is 4.45. The smallest absolute Gasteiger partial charge is 0.330 e. The molecule has 0 unspecified atom stereocenters. The number of aliphatic hydroxyl groups excluding tert-OH is 1. The zero-order chi connectivity index (χ0) is 15.5. The molecule has 0 aliphatic carbocycles. The van der Waals surface area contributed by atoms with Gasteiger partial charge in [0, 0.05) is 12.0 Å². The van der Waals surface area contributed by atoms with Gasteiger partial charge < -0.3 is 9.84 Å². The van der Waals surface area contributed by atoms with E-state index in [4.69, 9.17) is 4.74 Å². The zero-order valence-electron chi connectivity index (χ0n) is 12.3. The second-order valence-electron chi connectivity index (χ2n) is 4.45. The molecule has 3 heteroatoms.